The number of amides is 2. The summed E-state index contributed by atoms with van der Waals surface area (Å²) in [5.74, 6) is -1.28. The molecule has 13 heteroatoms. The lowest BCUT2D eigenvalue weighted by Gasteiger charge is -2.34. The number of benzene rings is 4. The van der Waals surface area contributed by atoms with Gasteiger partial charge in [-0.15, -0.1) is 0 Å². The number of carbonyl (C=O) groups is 2. The van der Waals surface area contributed by atoms with Crippen molar-refractivity contribution in [1.82, 2.24) is 10.2 Å². The molecule has 0 aliphatic heterocycles. The van der Waals surface area contributed by atoms with E-state index < -0.39 is 56.9 Å². The van der Waals surface area contributed by atoms with Gasteiger partial charge in [-0.25, -0.2) is 8.42 Å². The van der Waals surface area contributed by atoms with E-state index in [1.54, 1.807) is 54.6 Å². The summed E-state index contributed by atoms with van der Waals surface area (Å²) in [4.78, 5) is 29.2. The van der Waals surface area contributed by atoms with Gasteiger partial charge < -0.3 is 10.2 Å². The third-order valence-corrected chi connectivity index (χ3v) is 9.89. The van der Waals surface area contributed by atoms with Crippen LogP contribution < -0.4 is 9.62 Å². The van der Waals surface area contributed by atoms with Crippen LogP contribution in [0.25, 0.3) is 0 Å². The van der Waals surface area contributed by atoms with Crippen molar-refractivity contribution < 1.29 is 31.2 Å². The lowest BCUT2D eigenvalue weighted by atomic mass is 10.0. The predicted molar refractivity (Wildman–Crippen MR) is 181 cm³/mol. The minimum atomic E-state index is -4.91. The molecule has 0 radical (unpaired) electrons. The van der Waals surface area contributed by atoms with Gasteiger partial charge >= 0.3 is 6.18 Å². The van der Waals surface area contributed by atoms with Gasteiger partial charge in [0.1, 0.15) is 12.6 Å². The monoisotopic (exact) mass is 719 g/mol. The molecule has 0 heterocycles. The Labute approximate surface area is 288 Å². The van der Waals surface area contributed by atoms with Crippen LogP contribution in [-0.4, -0.2) is 44.3 Å². The molecule has 0 saturated heterocycles. The molecule has 0 unspecified atom stereocenters. The highest BCUT2D eigenvalue weighted by Gasteiger charge is 2.37. The fraction of sp³-hybridized carbons (Fsp3) is 0.257. The van der Waals surface area contributed by atoms with E-state index in [-0.39, 0.29) is 17.9 Å². The summed E-state index contributed by atoms with van der Waals surface area (Å²) in [7, 11) is -4.60. The number of sulfonamides is 1. The first kappa shape index (κ1) is 36.8. The van der Waals surface area contributed by atoms with Crippen molar-refractivity contribution in [2.45, 2.75) is 49.8 Å². The molecule has 7 nitrogen and oxygen atoms in total. The van der Waals surface area contributed by atoms with E-state index in [1.165, 1.54) is 29.2 Å². The molecule has 0 aliphatic carbocycles. The van der Waals surface area contributed by atoms with Crippen LogP contribution >= 0.6 is 23.2 Å². The van der Waals surface area contributed by atoms with Crippen LogP contribution in [0.2, 0.25) is 10.0 Å². The Morgan fingerprint density at radius 3 is 2.08 bits per heavy atom. The standard InChI is InChI=1S/C35H34Cl2F3N3O4S/c1-2-3-20-41-34(45)32(21-25-10-6-4-7-11-25)42(23-26-14-16-27(36)17-15-26)33(44)24-43(48(46,47)29-12-8-5-9-13-29)28-18-19-31(37)30(22-28)35(38,39)40/h4-19,22,32H,2-3,20-21,23-24H2,1H3,(H,41,45)/t32-/m1/s1. The van der Waals surface area contributed by atoms with Crippen LogP contribution in [0.5, 0.6) is 0 Å². The number of anilines is 1. The molecule has 4 aromatic rings. The van der Waals surface area contributed by atoms with Crippen LogP contribution in [0.3, 0.4) is 0 Å². The molecule has 0 spiro atoms. The number of nitrogens with zero attached hydrogens (tertiary/aromatic N) is 2. The summed E-state index contributed by atoms with van der Waals surface area (Å²) in [5.41, 5.74) is -0.362. The van der Waals surface area contributed by atoms with Gasteiger partial charge in [-0.3, -0.25) is 13.9 Å². The summed E-state index contributed by atoms with van der Waals surface area (Å²) >= 11 is 12.0. The number of nitrogens with one attached hydrogen (secondary N) is 1. The van der Waals surface area contributed by atoms with Crippen molar-refractivity contribution in [2.75, 3.05) is 17.4 Å². The maximum absolute atomic E-state index is 14.5. The van der Waals surface area contributed by atoms with Gasteiger partial charge in [0.25, 0.3) is 10.0 Å². The first-order chi connectivity index (χ1) is 22.8. The Morgan fingerprint density at radius 1 is 0.854 bits per heavy atom. The van der Waals surface area contributed by atoms with E-state index in [4.69, 9.17) is 23.2 Å². The minimum absolute atomic E-state index is 0.0860. The zero-order chi connectivity index (χ0) is 34.9. The van der Waals surface area contributed by atoms with Crippen molar-refractivity contribution in [3.63, 3.8) is 0 Å². The van der Waals surface area contributed by atoms with Crippen LogP contribution in [-0.2, 0) is 38.8 Å². The molecule has 0 bridgehead atoms. The number of halogens is 5. The Bertz CT molecular complexity index is 1790. The molecule has 48 heavy (non-hydrogen) atoms. The molecule has 2 amide bonds. The van der Waals surface area contributed by atoms with Gasteiger partial charge in [-0.05, 0) is 60.0 Å². The third-order valence-electron chi connectivity index (χ3n) is 7.52. The van der Waals surface area contributed by atoms with Crippen molar-refractivity contribution in [3.8, 4) is 0 Å². The lowest BCUT2D eigenvalue weighted by Crippen LogP contribution is -2.53. The van der Waals surface area contributed by atoms with Crippen LogP contribution in [0.15, 0.2) is 108 Å². The van der Waals surface area contributed by atoms with E-state index in [9.17, 15) is 31.2 Å². The summed E-state index contributed by atoms with van der Waals surface area (Å²) < 4.78 is 70.5. The number of hydrogen-bond acceptors (Lipinski definition) is 4. The third kappa shape index (κ3) is 9.52. The van der Waals surface area contributed by atoms with E-state index in [0.29, 0.717) is 33.9 Å². The van der Waals surface area contributed by atoms with E-state index >= 15 is 0 Å². The summed E-state index contributed by atoms with van der Waals surface area (Å²) in [6.45, 7) is 1.27. The fourth-order valence-electron chi connectivity index (χ4n) is 4.98. The SMILES string of the molecule is CCCCNC(=O)[C@@H](Cc1ccccc1)N(Cc1ccc(Cl)cc1)C(=O)CN(c1ccc(Cl)c(C(F)(F)F)c1)S(=O)(=O)c1ccccc1. The maximum Gasteiger partial charge on any atom is 0.417 e. The second-order valence-electron chi connectivity index (χ2n) is 11.0. The highest BCUT2D eigenvalue weighted by Crippen LogP contribution is 2.38. The summed E-state index contributed by atoms with van der Waals surface area (Å²) in [6.07, 6.45) is -3.32. The van der Waals surface area contributed by atoms with Crippen LogP contribution in [0.1, 0.15) is 36.5 Å². The summed E-state index contributed by atoms with van der Waals surface area (Å²) in [5, 5.41) is 2.69. The average molecular weight is 721 g/mol. The topological polar surface area (TPSA) is 86.8 Å². The number of alkyl halides is 3. The Hall–Kier alpha value is -4.06. The maximum atomic E-state index is 14.5. The summed E-state index contributed by atoms with van der Waals surface area (Å²) in [6, 6.07) is 24.1. The first-order valence-electron chi connectivity index (χ1n) is 15.1. The molecule has 1 atom stereocenters. The number of hydrogen-bond donors (Lipinski definition) is 1. The minimum Gasteiger partial charge on any atom is -0.354 e. The van der Waals surface area contributed by atoms with Gasteiger partial charge in [0.2, 0.25) is 11.8 Å². The Balaban J connectivity index is 1.84. The second kappa shape index (κ2) is 16.4. The number of unbranched alkanes of at least 4 members (excludes halogenated alkanes) is 1. The number of rotatable bonds is 14. The van der Waals surface area contributed by atoms with Crippen molar-refractivity contribution >= 4 is 50.7 Å². The van der Waals surface area contributed by atoms with Gasteiger partial charge in [0, 0.05) is 24.5 Å². The van der Waals surface area contributed by atoms with Gasteiger partial charge in [0.05, 0.1) is 21.2 Å². The van der Waals surface area contributed by atoms with Gasteiger partial charge in [-0.1, -0.05) is 97.2 Å². The lowest BCUT2D eigenvalue weighted by molar-refractivity contribution is -0.140. The Morgan fingerprint density at radius 2 is 1.48 bits per heavy atom. The molecule has 1 N–H and O–H groups in total. The molecule has 0 saturated carbocycles. The zero-order valence-corrected chi connectivity index (χ0v) is 28.3. The second-order valence-corrected chi connectivity index (χ2v) is 13.7. The molecule has 254 valence electrons. The van der Waals surface area contributed by atoms with Crippen molar-refractivity contribution in [2.24, 2.45) is 0 Å². The van der Waals surface area contributed by atoms with Crippen LogP contribution in [0, 0.1) is 0 Å². The van der Waals surface area contributed by atoms with E-state index in [1.807, 2.05) is 13.0 Å². The van der Waals surface area contributed by atoms with Crippen molar-refractivity contribution in [3.05, 3.63) is 130 Å². The highest BCUT2D eigenvalue weighted by molar-refractivity contribution is 7.92. The first-order valence-corrected chi connectivity index (χ1v) is 17.3. The predicted octanol–water partition coefficient (Wildman–Crippen LogP) is 7.76. The number of carbonyl (C=O) groups excluding carboxylic acids is 2. The molecular weight excluding hydrogens is 686 g/mol. The largest absolute Gasteiger partial charge is 0.417 e. The molecule has 4 aromatic carbocycles. The van der Waals surface area contributed by atoms with Crippen molar-refractivity contribution in [1.29, 1.82) is 0 Å². The fourth-order valence-corrected chi connectivity index (χ4v) is 6.76. The molecular formula is C35H34Cl2F3N3O4S. The van der Waals surface area contributed by atoms with Gasteiger partial charge in [0.15, 0.2) is 0 Å². The van der Waals surface area contributed by atoms with E-state index in [0.717, 1.165) is 24.1 Å². The molecule has 0 fully saturated rings. The van der Waals surface area contributed by atoms with Crippen LogP contribution in [0.4, 0.5) is 18.9 Å². The Kier molecular flexibility index (Phi) is 12.5. The molecule has 0 aromatic heterocycles. The average Bonchev–Trinajstić information content (AvgIpc) is 3.06. The zero-order valence-electron chi connectivity index (χ0n) is 26.0. The normalized spacial score (nSPS) is 12.3. The van der Waals surface area contributed by atoms with E-state index in [2.05, 4.69) is 5.32 Å². The molecule has 0 aliphatic rings. The smallest absolute Gasteiger partial charge is 0.354 e. The van der Waals surface area contributed by atoms with Gasteiger partial charge in [-0.2, -0.15) is 13.2 Å². The molecule has 4 rings (SSSR count). The quantitative estimate of drug-likeness (QED) is 0.135. The highest BCUT2D eigenvalue weighted by atomic mass is 35.5.